The van der Waals surface area contributed by atoms with E-state index in [0.29, 0.717) is 17.9 Å². The molecule has 2 heterocycles. The van der Waals surface area contributed by atoms with E-state index >= 15 is 0 Å². The minimum atomic E-state index is -0.459. The Hall–Kier alpha value is -3.45. The van der Waals surface area contributed by atoms with Gasteiger partial charge in [-0.2, -0.15) is 5.10 Å². The van der Waals surface area contributed by atoms with E-state index in [2.05, 4.69) is 15.3 Å². The number of amides is 1. The summed E-state index contributed by atoms with van der Waals surface area (Å²) in [5.41, 5.74) is 3.46. The normalized spacial score (nSPS) is 14.2. The zero-order valence-corrected chi connectivity index (χ0v) is 18.3. The van der Waals surface area contributed by atoms with Gasteiger partial charge in [0, 0.05) is 24.0 Å². The number of benzene rings is 2. The van der Waals surface area contributed by atoms with Gasteiger partial charge in [0.1, 0.15) is 0 Å². The maximum Gasteiger partial charge on any atom is 0.358 e. The van der Waals surface area contributed by atoms with E-state index in [1.807, 2.05) is 48.5 Å². The molecule has 7 heteroatoms. The molecule has 0 bridgehead atoms. The number of hydrogen-bond donors (Lipinski definition) is 1. The average Bonchev–Trinajstić information content (AvgIpc) is 3.31. The van der Waals surface area contributed by atoms with E-state index in [1.54, 1.807) is 23.9 Å². The predicted molar refractivity (Wildman–Crippen MR) is 123 cm³/mol. The summed E-state index contributed by atoms with van der Waals surface area (Å²) in [6.45, 7) is 5.28. The predicted octanol–water partition coefficient (Wildman–Crippen LogP) is 4.29. The third-order valence-corrected chi connectivity index (χ3v) is 5.51. The van der Waals surface area contributed by atoms with E-state index in [4.69, 9.17) is 4.74 Å². The Morgan fingerprint density at radius 3 is 2.56 bits per heavy atom. The van der Waals surface area contributed by atoms with Crippen LogP contribution in [0.25, 0.3) is 5.69 Å². The van der Waals surface area contributed by atoms with Crippen LogP contribution in [0, 0.1) is 0 Å². The van der Waals surface area contributed by atoms with Gasteiger partial charge in [-0.3, -0.25) is 9.69 Å². The van der Waals surface area contributed by atoms with Crippen LogP contribution in [0.4, 0.5) is 5.69 Å². The van der Waals surface area contributed by atoms with Gasteiger partial charge in [-0.05, 0) is 74.8 Å². The molecule has 0 spiro atoms. The number of hydrogen-bond acceptors (Lipinski definition) is 5. The molecular weight excluding hydrogens is 404 g/mol. The number of nitrogens with zero attached hydrogens (tertiary/aromatic N) is 3. The van der Waals surface area contributed by atoms with Crippen molar-refractivity contribution in [1.82, 2.24) is 14.7 Å². The van der Waals surface area contributed by atoms with E-state index < -0.39 is 5.97 Å². The Bertz CT molecular complexity index is 1070. The molecule has 0 unspecified atom stereocenters. The summed E-state index contributed by atoms with van der Waals surface area (Å²) < 4.78 is 6.56. The number of rotatable bonds is 7. The van der Waals surface area contributed by atoms with Crippen LogP contribution in [-0.4, -0.2) is 46.3 Å². The highest BCUT2D eigenvalue weighted by atomic mass is 16.5. The van der Waals surface area contributed by atoms with Crippen molar-refractivity contribution in [3.8, 4) is 5.69 Å². The van der Waals surface area contributed by atoms with Gasteiger partial charge in [-0.15, -0.1) is 0 Å². The largest absolute Gasteiger partial charge is 0.461 e. The number of carbonyl (C=O) groups excluding carboxylic acids is 2. The highest BCUT2D eigenvalue weighted by Crippen LogP contribution is 2.17. The molecule has 1 saturated heterocycles. The molecular formula is C25H28N4O3. The van der Waals surface area contributed by atoms with Crippen molar-refractivity contribution >= 4 is 17.6 Å². The van der Waals surface area contributed by atoms with Crippen molar-refractivity contribution < 1.29 is 14.3 Å². The van der Waals surface area contributed by atoms with Crippen molar-refractivity contribution in [1.29, 1.82) is 0 Å². The van der Waals surface area contributed by atoms with Crippen LogP contribution in [0.1, 0.15) is 52.6 Å². The van der Waals surface area contributed by atoms with Crippen LogP contribution >= 0.6 is 0 Å². The van der Waals surface area contributed by atoms with Gasteiger partial charge in [0.2, 0.25) is 0 Å². The molecule has 1 amide bonds. The van der Waals surface area contributed by atoms with Crippen molar-refractivity contribution in [2.75, 3.05) is 25.0 Å². The fraction of sp³-hybridized carbons (Fsp3) is 0.320. The van der Waals surface area contributed by atoms with Crippen LogP contribution in [0.3, 0.4) is 0 Å². The summed E-state index contributed by atoms with van der Waals surface area (Å²) in [5, 5.41) is 7.20. The highest BCUT2D eigenvalue weighted by molar-refractivity contribution is 6.04. The molecule has 0 saturated carbocycles. The number of esters is 1. The van der Waals surface area contributed by atoms with Gasteiger partial charge >= 0.3 is 5.97 Å². The van der Waals surface area contributed by atoms with Gasteiger partial charge in [0.25, 0.3) is 5.91 Å². The smallest absolute Gasteiger partial charge is 0.358 e. The van der Waals surface area contributed by atoms with Crippen LogP contribution in [0.5, 0.6) is 0 Å². The summed E-state index contributed by atoms with van der Waals surface area (Å²) in [6, 6.07) is 16.7. The molecule has 2 aromatic carbocycles. The summed E-state index contributed by atoms with van der Waals surface area (Å²) in [4.78, 5) is 27.0. The number of piperidine rings is 1. The minimum absolute atomic E-state index is 0.167. The van der Waals surface area contributed by atoms with Crippen LogP contribution < -0.4 is 5.32 Å². The third kappa shape index (κ3) is 5.42. The van der Waals surface area contributed by atoms with Crippen molar-refractivity contribution in [3.63, 3.8) is 0 Å². The minimum Gasteiger partial charge on any atom is -0.461 e. The van der Waals surface area contributed by atoms with Crippen LogP contribution in [0.15, 0.2) is 60.8 Å². The van der Waals surface area contributed by atoms with E-state index in [9.17, 15) is 9.59 Å². The monoisotopic (exact) mass is 432 g/mol. The summed E-state index contributed by atoms with van der Waals surface area (Å²) in [7, 11) is 0. The Balaban J connectivity index is 1.40. The molecule has 1 aromatic heterocycles. The second-order valence-electron chi connectivity index (χ2n) is 7.90. The topological polar surface area (TPSA) is 76.5 Å². The van der Waals surface area contributed by atoms with Gasteiger partial charge < -0.3 is 10.1 Å². The van der Waals surface area contributed by atoms with Crippen LogP contribution in [0.2, 0.25) is 0 Å². The molecule has 1 aliphatic heterocycles. The molecule has 1 N–H and O–H groups in total. The van der Waals surface area contributed by atoms with E-state index in [-0.39, 0.29) is 11.6 Å². The first-order valence-electron chi connectivity index (χ1n) is 11.1. The lowest BCUT2D eigenvalue weighted by Gasteiger charge is -2.26. The fourth-order valence-electron chi connectivity index (χ4n) is 3.85. The summed E-state index contributed by atoms with van der Waals surface area (Å²) in [5.74, 6) is -0.626. The standard InChI is InChI=1S/C25H28N4O3/c1-2-32-25(31)23-13-16-29(27-23)22-8-6-7-21(17-22)26-24(30)20-11-9-19(10-12-20)18-28-14-4-3-5-15-28/h6-13,16-17H,2-5,14-15,18H2,1H3,(H,26,30). The SMILES string of the molecule is CCOC(=O)c1ccn(-c2cccc(NC(=O)c3ccc(CN4CCCCC4)cc3)c2)n1. The van der Waals surface area contributed by atoms with Crippen LogP contribution in [-0.2, 0) is 11.3 Å². The molecule has 0 aliphatic carbocycles. The number of anilines is 1. The lowest BCUT2D eigenvalue weighted by atomic mass is 10.1. The summed E-state index contributed by atoms with van der Waals surface area (Å²) >= 11 is 0. The molecule has 0 atom stereocenters. The third-order valence-electron chi connectivity index (χ3n) is 5.51. The average molecular weight is 433 g/mol. The molecule has 3 aromatic rings. The highest BCUT2D eigenvalue weighted by Gasteiger charge is 2.13. The summed E-state index contributed by atoms with van der Waals surface area (Å²) in [6.07, 6.45) is 5.54. The number of ether oxygens (including phenoxy) is 1. The maximum absolute atomic E-state index is 12.7. The molecule has 1 aliphatic rings. The number of carbonyl (C=O) groups is 2. The molecule has 0 radical (unpaired) electrons. The van der Waals surface area contributed by atoms with Crippen molar-refractivity contribution in [2.24, 2.45) is 0 Å². The van der Waals surface area contributed by atoms with Gasteiger partial charge in [-0.25, -0.2) is 9.48 Å². The Kier molecular flexibility index (Phi) is 6.97. The van der Waals surface area contributed by atoms with Gasteiger partial charge in [0.15, 0.2) is 5.69 Å². The quantitative estimate of drug-likeness (QED) is 0.564. The Morgan fingerprint density at radius 1 is 1.03 bits per heavy atom. The van der Waals surface area contributed by atoms with E-state index in [0.717, 1.165) is 25.3 Å². The molecule has 32 heavy (non-hydrogen) atoms. The number of nitrogens with one attached hydrogen (secondary N) is 1. The molecule has 1 fully saturated rings. The molecule has 7 nitrogen and oxygen atoms in total. The zero-order valence-electron chi connectivity index (χ0n) is 18.3. The zero-order chi connectivity index (χ0) is 22.3. The van der Waals surface area contributed by atoms with Gasteiger partial charge in [0.05, 0.1) is 12.3 Å². The van der Waals surface area contributed by atoms with Crippen molar-refractivity contribution in [3.05, 3.63) is 77.6 Å². The second-order valence-corrected chi connectivity index (χ2v) is 7.90. The lowest BCUT2D eigenvalue weighted by molar-refractivity contribution is 0.0519. The number of aromatic nitrogens is 2. The molecule has 166 valence electrons. The first-order chi connectivity index (χ1) is 15.6. The lowest BCUT2D eigenvalue weighted by Crippen LogP contribution is -2.29. The van der Waals surface area contributed by atoms with E-state index in [1.165, 1.54) is 24.8 Å². The van der Waals surface area contributed by atoms with Crippen molar-refractivity contribution in [2.45, 2.75) is 32.7 Å². The maximum atomic E-state index is 12.7. The first-order valence-corrected chi connectivity index (χ1v) is 11.1. The first kappa shape index (κ1) is 21.8. The Labute approximate surface area is 188 Å². The Morgan fingerprint density at radius 2 is 1.81 bits per heavy atom. The second kappa shape index (κ2) is 10.2. The number of likely N-dealkylation sites (tertiary alicyclic amines) is 1. The fourth-order valence-corrected chi connectivity index (χ4v) is 3.85. The van der Waals surface area contributed by atoms with Gasteiger partial charge in [-0.1, -0.05) is 24.6 Å². The molecule has 4 rings (SSSR count).